The zero-order valence-electron chi connectivity index (χ0n) is 11.3. The minimum absolute atomic E-state index is 0.0405. The average molecular weight is 305 g/mol. The molecule has 1 amide bonds. The van der Waals surface area contributed by atoms with Crippen molar-refractivity contribution in [1.29, 1.82) is 0 Å². The van der Waals surface area contributed by atoms with Crippen LogP contribution in [-0.4, -0.2) is 32.1 Å². The molecule has 7 heteroatoms. The van der Waals surface area contributed by atoms with Gasteiger partial charge in [-0.3, -0.25) is 10.1 Å². The van der Waals surface area contributed by atoms with E-state index in [9.17, 15) is 13.2 Å². The minimum Gasteiger partial charge on any atom is -0.338 e. The van der Waals surface area contributed by atoms with Gasteiger partial charge in [0.1, 0.15) is 5.54 Å². The molecule has 0 radical (unpaired) electrons. The van der Waals surface area contributed by atoms with E-state index in [1.807, 2.05) is 0 Å². The maximum Gasteiger partial charge on any atom is 0.257 e. The molecule has 110 valence electrons. The molecule has 21 heavy (non-hydrogen) atoms. The number of rotatable bonds is 1. The fourth-order valence-corrected chi connectivity index (χ4v) is 4.60. The lowest BCUT2D eigenvalue weighted by atomic mass is 9.87. The highest BCUT2D eigenvalue weighted by Gasteiger charge is 2.52. The highest BCUT2D eigenvalue weighted by molar-refractivity contribution is 7.91. The standard InChI is InChI=1S/C14H15N3O3S/c18-12-14(17-13(16-12)15-9-5-6-9)7-8-21(19,20)11-4-2-1-3-10(11)14/h1-4,9H,5-8H2,(H2,15,16,17,18). The molecule has 3 aliphatic rings. The maximum atomic E-state index is 12.5. The van der Waals surface area contributed by atoms with Gasteiger partial charge in [-0.2, -0.15) is 0 Å². The summed E-state index contributed by atoms with van der Waals surface area (Å²) in [6, 6.07) is 6.99. The number of nitrogens with zero attached hydrogens (tertiary/aromatic N) is 1. The maximum absolute atomic E-state index is 12.5. The average Bonchev–Trinajstić information content (AvgIpc) is 3.20. The van der Waals surface area contributed by atoms with Crippen LogP contribution in [0.4, 0.5) is 0 Å². The predicted octanol–water partition coefficient (Wildman–Crippen LogP) is 0.297. The molecule has 4 rings (SSSR count). The summed E-state index contributed by atoms with van der Waals surface area (Å²) in [5, 5.41) is 5.91. The van der Waals surface area contributed by atoms with E-state index < -0.39 is 15.4 Å². The molecule has 2 aliphatic heterocycles. The van der Waals surface area contributed by atoms with Crippen LogP contribution in [0.5, 0.6) is 0 Å². The fourth-order valence-electron chi connectivity index (χ4n) is 2.94. The number of fused-ring (bicyclic) bond motifs is 2. The third kappa shape index (κ3) is 1.87. The van der Waals surface area contributed by atoms with Crippen molar-refractivity contribution in [3.8, 4) is 0 Å². The molecule has 1 aromatic rings. The molecular weight excluding hydrogens is 290 g/mol. The van der Waals surface area contributed by atoms with Gasteiger partial charge in [-0.25, -0.2) is 13.4 Å². The van der Waals surface area contributed by atoms with Gasteiger partial charge in [0.05, 0.1) is 16.7 Å². The zero-order chi connectivity index (χ0) is 14.7. The number of hydrogen-bond acceptors (Lipinski definition) is 4. The van der Waals surface area contributed by atoms with Crippen LogP contribution in [0.3, 0.4) is 0 Å². The second kappa shape index (κ2) is 4.07. The number of hydrogen-bond donors (Lipinski definition) is 2. The van der Waals surface area contributed by atoms with Gasteiger partial charge in [0.15, 0.2) is 15.8 Å². The highest BCUT2D eigenvalue weighted by atomic mass is 32.2. The Balaban J connectivity index is 1.84. The van der Waals surface area contributed by atoms with Crippen LogP contribution in [0.25, 0.3) is 0 Å². The molecule has 1 aromatic carbocycles. The first kappa shape index (κ1) is 12.8. The van der Waals surface area contributed by atoms with E-state index in [1.165, 1.54) is 0 Å². The molecule has 1 saturated heterocycles. The molecule has 1 aliphatic carbocycles. The van der Waals surface area contributed by atoms with Gasteiger partial charge in [-0.1, -0.05) is 18.2 Å². The Labute approximate surface area is 122 Å². The van der Waals surface area contributed by atoms with Crippen LogP contribution in [0, 0.1) is 0 Å². The molecule has 2 N–H and O–H groups in total. The second-order valence-electron chi connectivity index (χ2n) is 5.76. The number of guanidine groups is 1. The number of amides is 1. The molecule has 1 saturated carbocycles. The minimum atomic E-state index is -3.32. The van der Waals surface area contributed by atoms with Gasteiger partial charge in [-0.15, -0.1) is 0 Å². The lowest BCUT2D eigenvalue weighted by molar-refractivity contribution is -0.124. The van der Waals surface area contributed by atoms with Crippen LogP contribution < -0.4 is 10.6 Å². The van der Waals surface area contributed by atoms with E-state index in [0.29, 0.717) is 11.5 Å². The van der Waals surface area contributed by atoms with Crippen molar-refractivity contribution in [3.63, 3.8) is 0 Å². The Hall–Kier alpha value is -1.89. The molecule has 2 fully saturated rings. The smallest absolute Gasteiger partial charge is 0.257 e. The van der Waals surface area contributed by atoms with Crippen LogP contribution in [0.1, 0.15) is 24.8 Å². The molecule has 0 aromatic heterocycles. The first-order valence-corrected chi connectivity index (χ1v) is 8.66. The Kier molecular flexibility index (Phi) is 2.48. The number of sulfone groups is 1. The number of aliphatic imine (C=N–C) groups is 1. The lowest BCUT2D eigenvalue weighted by Gasteiger charge is -2.32. The van der Waals surface area contributed by atoms with Gasteiger partial charge in [0.25, 0.3) is 5.91 Å². The Morgan fingerprint density at radius 2 is 2.00 bits per heavy atom. The van der Waals surface area contributed by atoms with Crippen molar-refractivity contribution in [2.75, 3.05) is 5.75 Å². The van der Waals surface area contributed by atoms with Crippen molar-refractivity contribution in [2.45, 2.75) is 35.7 Å². The Morgan fingerprint density at radius 1 is 1.24 bits per heavy atom. The Bertz CT molecular complexity index is 767. The quantitative estimate of drug-likeness (QED) is 0.781. The molecule has 1 spiro atoms. The predicted molar refractivity (Wildman–Crippen MR) is 76.5 cm³/mol. The first-order valence-electron chi connectivity index (χ1n) is 7.01. The van der Waals surface area contributed by atoms with Crippen LogP contribution >= 0.6 is 0 Å². The summed E-state index contributed by atoms with van der Waals surface area (Å²) in [4.78, 5) is 17.2. The van der Waals surface area contributed by atoms with E-state index in [4.69, 9.17) is 0 Å². The normalized spacial score (nSPS) is 31.8. The van der Waals surface area contributed by atoms with Gasteiger partial charge in [0, 0.05) is 5.56 Å². The second-order valence-corrected chi connectivity index (χ2v) is 7.84. The van der Waals surface area contributed by atoms with Crippen LogP contribution in [-0.2, 0) is 20.2 Å². The summed E-state index contributed by atoms with van der Waals surface area (Å²) in [5.74, 6) is 0.210. The van der Waals surface area contributed by atoms with E-state index in [0.717, 1.165) is 12.8 Å². The number of carbonyl (C=O) groups is 1. The summed E-state index contributed by atoms with van der Waals surface area (Å²) in [6.07, 6.45) is 2.31. The van der Waals surface area contributed by atoms with E-state index in [2.05, 4.69) is 15.6 Å². The third-order valence-corrected chi connectivity index (χ3v) is 6.01. The SMILES string of the molecule is O=C1NC(=NC2CC2)NC12CCS(=O)(=O)c1ccccc12. The largest absolute Gasteiger partial charge is 0.338 e. The molecule has 6 nitrogen and oxygen atoms in total. The van der Waals surface area contributed by atoms with Crippen molar-refractivity contribution in [1.82, 2.24) is 10.6 Å². The summed E-state index contributed by atoms with van der Waals surface area (Å²) >= 11 is 0. The van der Waals surface area contributed by atoms with Gasteiger partial charge in [0.2, 0.25) is 0 Å². The monoisotopic (exact) mass is 305 g/mol. The van der Waals surface area contributed by atoms with Crippen molar-refractivity contribution >= 4 is 21.7 Å². The summed E-state index contributed by atoms with van der Waals surface area (Å²) < 4.78 is 24.4. The van der Waals surface area contributed by atoms with E-state index in [1.54, 1.807) is 24.3 Å². The van der Waals surface area contributed by atoms with Crippen molar-refractivity contribution in [2.24, 2.45) is 4.99 Å². The van der Waals surface area contributed by atoms with Gasteiger partial charge < -0.3 is 5.32 Å². The summed E-state index contributed by atoms with van der Waals surface area (Å²) in [7, 11) is -3.32. The molecule has 2 heterocycles. The van der Waals surface area contributed by atoms with Gasteiger partial charge in [-0.05, 0) is 25.3 Å². The van der Waals surface area contributed by atoms with Crippen LogP contribution in [0.15, 0.2) is 34.2 Å². The number of benzene rings is 1. The van der Waals surface area contributed by atoms with Gasteiger partial charge >= 0.3 is 0 Å². The summed E-state index contributed by atoms with van der Waals surface area (Å²) in [5.41, 5.74) is -0.481. The fraction of sp³-hybridized carbons (Fsp3) is 0.429. The molecule has 1 atom stereocenters. The van der Waals surface area contributed by atoms with E-state index >= 15 is 0 Å². The topological polar surface area (TPSA) is 87.6 Å². The highest BCUT2D eigenvalue weighted by Crippen LogP contribution is 2.39. The molecule has 1 unspecified atom stereocenters. The Morgan fingerprint density at radius 3 is 2.76 bits per heavy atom. The summed E-state index contributed by atoms with van der Waals surface area (Å²) in [6.45, 7) is 0. The number of carbonyl (C=O) groups excluding carboxylic acids is 1. The third-order valence-electron chi connectivity index (χ3n) is 4.24. The number of nitrogens with one attached hydrogen (secondary N) is 2. The van der Waals surface area contributed by atoms with Crippen molar-refractivity contribution < 1.29 is 13.2 Å². The van der Waals surface area contributed by atoms with E-state index in [-0.39, 0.29) is 29.0 Å². The van der Waals surface area contributed by atoms with Crippen molar-refractivity contribution in [3.05, 3.63) is 29.8 Å². The first-order chi connectivity index (χ1) is 10.0. The molecular formula is C14H15N3O3S. The lowest BCUT2D eigenvalue weighted by Crippen LogP contribution is -2.48. The van der Waals surface area contributed by atoms with Crippen LogP contribution in [0.2, 0.25) is 0 Å². The molecule has 0 bridgehead atoms. The zero-order valence-corrected chi connectivity index (χ0v) is 12.1.